The number of hydrogen-bond acceptors (Lipinski definition) is 5. The summed E-state index contributed by atoms with van der Waals surface area (Å²) < 4.78 is 47.6. The molecule has 2 aromatic carbocycles. The molecule has 0 aliphatic rings. The summed E-state index contributed by atoms with van der Waals surface area (Å²) in [5.41, 5.74) is 1.15. The van der Waals surface area contributed by atoms with E-state index in [0.717, 1.165) is 11.8 Å². The second-order valence-corrected chi connectivity index (χ2v) is 7.38. The number of hydrogen-bond donors (Lipinski definition) is 1. The van der Waals surface area contributed by atoms with Gasteiger partial charge in [0.1, 0.15) is 5.82 Å². The summed E-state index contributed by atoms with van der Waals surface area (Å²) in [5, 5.41) is 2.62. The van der Waals surface area contributed by atoms with E-state index < -0.39 is 12.4 Å². The van der Waals surface area contributed by atoms with E-state index in [1.54, 1.807) is 26.1 Å². The Hall–Kier alpha value is -2.88. The molecule has 1 N–H and O–H groups in total. The Morgan fingerprint density at radius 3 is 2.45 bits per heavy atom. The van der Waals surface area contributed by atoms with Crippen molar-refractivity contribution in [1.82, 2.24) is 4.90 Å². The highest BCUT2D eigenvalue weighted by Crippen LogP contribution is 2.30. The van der Waals surface area contributed by atoms with Crippen molar-refractivity contribution < 1.29 is 32.2 Å². The Balaban J connectivity index is 1.82. The number of alkyl halides is 2. The van der Waals surface area contributed by atoms with Crippen LogP contribution >= 0.6 is 11.8 Å². The van der Waals surface area contributed by atoms with Gasteiger partial charge in [-0.25, -0.2) is 4.39 Å². The van der Waals surface area contributed by atoms with E-state index in [9.17, 15) is 22.8 Å². The number of thioether (sulfide) groups is 1. The van der Waals surface area contributed by atoms with Crippen LogP contribution in [0.1, 0.15) is 12.5 Å². The summed E-state index contributed by atoms with van der Waals surface area (Å²) in [4.78, 5) is 25.7. The van der Waals surface area contributed by atoms with Crippen molar-refractivity contribution in [3.63, 3.8) is 0 Å². The molecule has 0 heterocycles. The van der Waals surface area contributed by atoms with Crippen LogP contribution in [0.5, 0.6) is 11.5 Å². The molecule has 0 fully saturated rings. The quantitative estimate of drug-likeness (QED) is 0.550. The number of carbonyl (C=O) groups excluding carboxylic acids is 2. The Morgan fingerprint density at radius 2 is 1.81 bits per heavy atom. The summed E-state index contributed by atoms with van der Waals surface area (Å²) in [6.45, 7) is -0.741. The monoisotopic (exact) mass is 456 g/mol. The second-order valence-electron chi connectivity index (χ2n) is 6.39. The standard InChI is InChI=1S/C21H23F3N2O4S/c1-3-29-18-10-14(4-9-17(18)30-21(23)24)11-26(2)20(28)13-31-12-19(27)25-16-7-5-15(22)6-8-16/h4-10,21H,3,11-13H2,1-2H3,(H,25,27). The van der Waals surface area contributed by atoms with E-state index in [2.05, 4.69) is 10.1 Å². The number of nitrogens with zero attached hydrogens (tertiary/aromatic N) is 1. The zero-order chi connectivity index (χ0) is 22.8. The number of rotatable bonds is 11. The first kappa shape index (κ1) is 24.4. The molecule has 10 heteroatoms. The van der Waals surface area contributed by atoms with Crippen LogP contribution in [0.15, 0.2) is 42.5 Å². The van der Waals surface area contributed by atoms with Crippen LogP contribution in [0, 0.1) is 5.82 Å². The maximum atomic E-state index is 12.9. The van der Waals surface area contributed by atoms with Crippen molar-refractivity contribution in [3.8, 4) is 11.5 Å². The largest absolute Gasteiger partial charge is 0.490 e. The Bertz CT molecular complexity index is 881. The van der Waals surface area contributed by atoms with Crippen molar-refractivity contribution in [1.29, 1.82) is 0 Å². The third-order valence-electron chi connectivity index (χ3n) is 3.96. The van der Waals surface area contributed by atoms with E-state index in [1.807, 2.05) is 0 Å². The molecular weight excluding hydrogens is 433 g/mol. The number of amides is 2. The fourth-order valence-electron chi connectivity index (χ4n) is 2.55. The van der Waals surface area contributed by atoms with Crippen molar-refractivity contribution in [2.75, 3.05) is 30.5 Å². The molecule has 2 amide bonds. The van der Waals surface area contributed by atoms with Gasteiger partial charge in [-0.1, -0.05) is 6.07 Å². The van der Waals surface area contributed by atoms with Crippen LogP contribution in [0.3, 0.4) is 0 Å². The van der Waals surface area contributed by atoms with E-state index in [0.29, 0.717) is 11.3 Å². The molecule has 0 bridgehead atoms. The van der Waals surface area contributed by atoms with Gasteiger partial charge in [0, 0.05) is 19.3 Å². The van der Waals surface area contributed by atoms with Crippen LogP contribution in [0.25, 0.3) is 0 Å². The molecule has 0 saturated heterocycles. The average Bonchev–Trinajstić information content (AvgIpc) is 2.71. The maximum Gasteiger partial charge on any atom is 0.387 e. The van der Waals surface area contributed by atoms with Gasteiger partial charge in [-0.3, -0.25) is 9.59 Å². The summed E-state index contributed by atoms with van der Waals surface area (Å²) in [6, 6.07) is 9.88. The molecule has 31 heavy (non-hydrogen) atoms. The highest BCUT2D eigenvalue weighted by Gasteiger charge is 2.15. The fraction of sp³-hybridized carbons (Fsp3) is 0.333. The van der Waals surface area contributed by atoms with Gasteiger partial charge in [-0.15, -0.1) is 11.8 Å². The Labute approximate surface area is 182 Å². The van der Waals surface area contributed by atoms with Crippen LogP contribution < -0.4 is 14.8 Å². The van der Waals surface area contributed by atoms with Gasteiger partial charge in [0.25, 0.3) is 0 Å². The third-order valence-corrected chi connectivity index (χ3v) is 4.87. The fourth-order valence-corrected chi connectivity index (χ4v) is 3.30. The summed E-state index contributed by atoms with van der Waals surface area (Å²) in [6.07, 6.45) is 0. The van der Waals surface area contributed by atoms with Crippen molar-refractivity contribution in [2.45, 2.75) is 20.1 Å². The number of anilines is 1. The summed E-state index contributed by atoms with van der Waals surface area (Å²) in [7, 11) is 1.60. The summed E-state index contributed by atoms with van der Waals surface area (Å²) in [5.74, 6) is -0.659. The Morgan fingerprint density at radius 1 is 1.10 bits per heavy atom. The molecule has 0 aliphatic heterocycles. The molecule has 0 atom stereocenters. The van der Waals surface area contributed by atoms with Gasteiger partial charge >= 0.3 is 6.61 Å². The molecule has 2 rings (SSSR count). The van der Waals surface area contributed by atoms with E-state index in [1.165, 1.54) is 35.2 Å². The summed E-state index contributed by atoms with van der Waals surface area (Å²) >= 11 is 1.15. The minimum atomic E-state index is -2.97. The van der Waals surface area contributed by atoms with Gasteiger partial charge in [-0.05, 0) is 48.9 Å². The Kier molecular flexibility index (Phi) is 9.51. The van der Waals surface area contributed by atoms with Crippen LogP contribution in [-0.2, 0) is 16.1 Å². The normalized spacial score (nSPS) is 10.6. The van der Waals surface area contributed by atoms with Crippen LogP contribution in [-0.4, -0.2) is 48.5 Å². The van der Waals surface area contributed by atoms with Gasteiger partial charge in [0.15, 0.2) is 11.5 Å². The molecule has 168 valence electrons. The van der Waals surface area contributed by atoms with Gasteiger partial charge < -0.3 is 19.7 Å². The molecule has 0 aliphatic carbocycles. The molecule has 0 spiro atoms. The average molecular weight is 456 g/mol. The molecule has 0 unspecified atom stereocenters. The lowest BCUT2D eigenvalue weighted by Crippen LogP contribution is -2.28. The van der Waals surface area contributed by atoms with Crippen molar-refractivity contribution >= 4 is 29.3 Å². The minimum absolute atomic E-state index is 0.0606. The second kappa shape index (κ2) is 12.1. The number of ether oxygens (including phenoxy) is 2. The first-order chi connectivity index (χ1) is 14.8. The molecule has 0 radical (unpaired) electrons. The van der Waals surface area contributed by atoms with Crippen molar-refractivity contribution in [3.05, 3.63) is 53.8 Å². The van der Waals surface area contributed by atoms with E-state index in [4.69, 9.17) is 4.74 Å². The first-order valence-electron chi connectivity index (χ1n) is 9.36. The molecule has 0 saturated carbocycles. The van der Waals surface area contributed by atoms with Gasteiger partial charge in [-0.2, -0.15) is 8.78 Å². The third kappa shape index (κ3) is 8.41. The maximum absolute atomic E-state index is 12.9. The number of benzene rings is 2. The van der Waals surface area contributed by atoms with Gasteiger partial charge in [0.05, 0.1) is 18.1 Å². The number of carbonyl (C=O) groups is 2. The van der Waals surface area contributed by atoms with E-state index >= 15 is 0 Å². The number of halogens is 3. The van der Waals surface area contributed by atoms with Crippen LogP contribution in [0.2, 0.25) is 0 Å². The van der Waals surface area contributed by atoms with E-state index in [-0.39, 0.29) is 48.0 Å². The lowest BCUT2D eigenvalue weighted by Gasteiger charge is -2.18. The lowest BCUT2D eigenvalue weighted by molar-refractivity contribution is -0.127. The highest BCUT2D eigenvalue weighted by molar-refractivity contribution is 8.00. The van der Waals surface area contributed by atoms with Crippen molar-refractivity contribution in [2.24, 2.45) is 0 Å². The molecule has 0 aromatic heterocycles. The lowest BCUT2D eigenvalue weighted by atomic mass is 10.2. The van der Waals surface area contributed by atoms with Crippen LogP contribution in [0.4, 0.5) is 18.9 Å². The van der Waals surface area contributed by atoms with Gasteiger partial charge in [0.2, 0.25) is 11.8 Å². The smallest absolute Gasteiger partial charge is 0.387 e. The number of nitrogens with one attached hydrogen (secondary N) is 1. The predicted molar refractivity (Wildman–Crippen MR) is 113 cm³/mol. The predicted octanol–water partition coefficient (Wildman–Crippen LogP) is 4.16. The zero-order valence-electron chi connectivity index (χ0n) is 17.1. The zero-order valence-corrected chi connectivity index (χ0v) is 17.9. The molecule has 2 aromatic rings. The molecule has 6 nitrogen and oxygen atoms in total. The first-order valence-corrected chi connectivity index (χ1v) is 10.5. The SMILES string of the molecule is CCOc1cc(CN(C)C(=O)CSCC(=O)Nc2ccc(F)cc2)ccc1OC(F)F. The highest BCUT2D eigenvalue weighted by atomic mass is 32.2. The minimum Gasteiger partial charge on any atom is -0.490 e. The topological polar surface area (TPSA) is 67.9 Å². The molecular formula is C21H23F3N2O4S.